The number of allylic oxidation sites excluding steroid dienone is 5. The number of aliphatic imine (C=N–C) groups is 1. The summed E-state index contributed by atoms with van der Waals surface area (Å²) in [6.45, 7) is 1.78. The van der Waals surface area contributed by atoms with Crippen LogP contribution >= 0.6 is 0 Å². The third kappa shape index (κ3) is 5.46. The summed E-state index contributed by atoms with van der Waals surface area (Å²) in [4.78, 5) is 6.97. The van der Waals surface area contributed by atoms with E-state index in [1.807, 2.05) is 47.3 Å². The summed E-state index contributed by atoms with van der Waals surface area (Å²) in [5, 5.41) is 17.1. The number of aromatic nitrogens is 6. The van der Waals surface area contributed by atoms with E-state index < -0.39 is 0 Å². The maximum Gasteiger partial charge on any atom is 0.130 e. The van der Waals surface area contributed by atoms with Crippen molar-refractivity contribution in [3.8, 4) is 11.1 Å². The van der Waals surface area contributed by atoms with Gasteiger partial charge in [-0.2, -0.15) is 15.3 Å². The van der Waals surface area contributed by atoms with E-state index in [0.717, 1.165) is 55.1 Å². The molecule has 0 saturated heterocycles. The van der Waals surface area contributed by atoms with Crippen LogP contribution in [0.25, 0.3) is 16.7 Å². The van der Waals surface area contributed by atoms with Crippen molar-refractivity contribution in [1.82, 2.24) is 34.2 Å². The fourth-order valence-electron chi connectivity index (χ4n) is 5.31. The van der Waals surface area contributed by atoms with Gasteiger partial charge in [0.05, 0.1) is 36.0 Å². The van der Waals surface area contributed by atoms with E-state index in [9.17, 15) is 0 Å². The number of nitrogens with one attached hydrogen (secondary N) is 1. The number of hydrogen-bond donors (Lipinski definition) is 1. The SMILES string of the molecule is CN(C)CCn1cc(NC2=C/C=C/C3=C(C=N2)CCc2nn(C)c(Cc4cccc(-c5cnn(C)c5)c4)c23)cn1. The van der Waals surface area contributed by atoms with E-state index in [1.165, 1.54) is 33.5 Å². The standard InChI is InChI=1S/C31H35N9/c1-37(2)13-14-40-21-26(19-34-40)35-30-10-6-9-27-24(17-32-30)11-12-28-31(27)29(39(4)36-28)16-22-7-5-8-23(15-22)25-18-33-38(3)20-25/h5-10,15,17-21H,11-14,16H2,1-4H3,(H,32,35). The van der Waals surface area contributed by atoms with Crippen LogP contribution in [0.3, 0.4) is 0 Å². The highest BCUT2D eigenvalue weighted by molar-refractivity contribution is 5.97. The van der Waals surface area contributed by atoms with Crippen LogP contribution in [0.1, 0.15) is 28.9 Å². The van der Waals surface area contributed by atoms with E-state index >= 15 is 0 Å². The highest BCUT2D eigenvalue weighted by Crippen LogP contribution is 2.36. The second kappa shape index (κ2) is 10.9. The molecule has 9 nitrogen and oxygen atoms in total. The molecule has 0 saturated carbocycles. The first-order chi connectivity index (χ1) is 19.4. The Morgan fingerprint density at radius 3 is 2.75 bits per heavy atom. The predicted octanol–water partition coefficient (Wildman–Crippen LogP) is 4.46. The summed E-state index contributed by atoms with van der Waals surface area (Å²) in [7, 11) is 8.13. The van der Waals surface area contributed by atoms with Crippen molar-refractivity contribution < 1.29 is 0 Å². The number of nitrogens with zero attached hydrogens (tertiary/aromatic N) is 8. The molecule has 0 bridgehead atoms. The van der Waals surface area contributed by atoms with Gasteiger partial charge in [0.15, 0.2) is 0 Å². The molecule has 4 aromatic rings. The Balaban J connectivity index is 1.23. The molecule has 1 aliphatic heterocycles. The van der Waals surface area contributed by atoms with Crippen molar-refractivity contribution in [2.24, 2.45) is 19.1 Å². The lowest BCUT2D eigenvalue weighted by Gasteiger charge is -2.18. The molecule has 9 heteroatoms. The third-order valence-corrected chi connectivity index (χ3v) is 7.38. The Morgan fingerprint density at radius 2 is 1.93 bits per heavy atom. The summed E-state index contributed by atoms with van der Waals surface area (Å²) in [6.07, 6.45) is 18.8. The van der Waals surface area contributed by atoms with Crippen LogP contribution in [0.4, 0.5) is 5.69 Å². The van der Waals surface area contributed by atoms with E-state index in [4.69, 9.17) is 10.1 Å². The molecule has 0 atom stereocenters. The minimum absolute atomic E-state index is 0.791. The predicted molar refractivity (Wildman–Crippen MR) is 160 cm³/mol. The molecule has 0 spiro atoms. The van der Waals surface area contributed by atoms with Crippen LogP contribution in [-0.2, 0) is 33.5 Å². The second-order valence-corrected chi connectivity index (χ2v) is 10.7. The van der Waals surface area contributed by atoms with Gasteiger partial charge >= 0.3 is 0 Å². The summed E-state index contributed by atoms with van der Waals surface area (Å²) in [5.74, 6) is 0.791. The molecule has 0 amide bonds. The lowest BCUT2D eigenvalue weighted by atomic mass is 9.86. The van der Waals surface area contributed by atoms with Gasteiger partial charge in [0.25, 0.3) is 0 Å². The molecular formula is C31H35N9. The Morgan fingerprint density at radius 1 is 1.02 bits per heavy atom. The van der Waals surface area contributed by atoms with Crippen molar-refractivity contribution in [3.05, 3.63) is 101 Å². The normalized spacial score (nSPS) is 15.5. The van der Waals surface area contributed by atoms with Crippen LogP contribution in [0.2, 0.25) is 0 Å². The molecule has 2 aliphatic rings. The highest BCUT2D eigenvalue weighted by Gasteiger charge is 2.25. The average molecular weight is 534 g/mol. The highest BCUT2D eigenvalue weighted by atomic mass is 15.3. The van der Waals surface area contributed by atoms with Crippen LogP contribution in [0, 0.1) is 0 Å². The number of likely N-dealkylation sites (N-methyl/N-ethyl adjacent to an activating group) is 1. The quantitative estimate of drug-likeness (QED) is 0.362. The molecule has 0 radical (unpaired) electrons. The van der Waals surface area contributed by atoms with Gasteiger partial charge in [-0.15, -0.1) is 0 Å². The maximum absolute atomic E-state index is 4.93. The van der Waals surface area contributed by atoms with Gasteiger partial charge in [0.2, 0.25) is 0 Å². The fourth-order valence-corrected chi connectivity index (χ4v) is 5.31. The first kappa shape index (κ1) is 25.8. The number of hydrogen-bond acceptors (Lipinski definition) is 6. The van der Waals surface area contributed by atoms with E-state index in [1.54, 1.807) is 0 Å². The topological polar surface area (TPSA) is 81.1 Å². The van der Waals surface area contributed by atoms with Gasteiger partial charge in [-0.05, 0) is 55.3 Å². The Bertz CT molecular complexity index is 1660. The van der Waals surface area contributed by atoms with Gasteiger partial charge in [0.1, 0.15) is 5.82 Å². The molecule has 3 aromatic heterocycles. The summed E-state index contributed by atoms with van der Waals surface area (Å²) < 4.78 is 5.84. The van der Waals surface area contributed by atoms with Crippen molar-refractivity contribution in [1.29, 1.82) is 0 Å². The smallest absolute Gasteiger partial charge is 0.130 e. The minimum atomic E-state index is 0.791. The molecule has 1 aromatic carbocycles. The second-order valence-electron chi connectivity index (χ2n) is 10.7. The number of rotatable bonds is 8. The van der Waals surface area contributed by atoms with Gasteiger partial charge in [-0.1, -0.05) is 36.4 Å². The summed E-state index contributed by atoms with van der Waals surface area (Å²) in [5.41, 5.74) is 10.5. The first-order valence-electron chi connectivity index (χ1n) is 13.7. The number of fused-ring (bicyclic) bond motifs is 2. The molecule has 1 N–H and O–H groups in total. The summed E-state index contributed by atoms with van der Waals surface area (Å²) >= 11 is 0. The van der Waals surface area contributed by atoms with Crippen LogP contribution in [-0.4, -0.2) is 61.1 Å². The molecule has 204 valence electrons. The average Bonchev–Trinajstić information content (AvgIpc) is 3.64. The van der Waals surface area contributed by atoms with Crippen molar-refractivity contribution in [2.45, 2.75) is 25.8 Å². The van der Waals surface area contributed by atoms with Gasteiger partial charge in [-0.25, -0.2) is 4.99 Å². The van der Waals surface area contributed by atoms with E-state index in [0.29, 0.717) is 0 Å². The monoisotopic (exact) mass is 533 g/mol. The van der Waals surface area contributed by atoms with Gasteiger partial charge in [0, 0.05) is 56.8 Å². The van der Waals surface area contributed by atoms with Crippen molar-refractivity contribution in [2.75, 3.05) is 26.0 Å². The summed E-state index contributed by atoms with van der Waals surface area (Å²) in [6, 6.07) is 8.71. The van der Waals surface area contributed by atoms with Gasteiger partial charge in [-0.3, -0.25) is 14.0 Å². The van der Waals surface area contributed by atoms with Crippen LogP contribution < -0.4 is 5.32 Å². The first-order valence-corrected chi connectivity index (χ1v) is 13.7. The van der Waals surface area contributed by atoms with Crippen molar-refractivity contribution >= 4 is 17.5 Å². The molecule has 40 heavy (non-hydrogen) atoms. The molecule has 6 rings (SSSR count). The zero-order valence-corrected chi connectivity index (χ0v) is 23.5. The minimum Gasteiger partial charge on any atom is -0.338 e. The molecule has 0 fully saturated rings. The molecule has 0 unspecified atom stereocenters. The zero-order chi connectivity index (χ0) is 27.6. The Labute approximate surface area is 234 Å². The molecule has 4 heterocycles. The Hall–Kier alpha value is -4.50. The van der Waals surface area contributed by atoms with Crippen LogP contribution in [0.15, 0.2) is 83.7 Å². The fraction of sp³-hybridized carbons (Fsp3) is 0.290. The largest absolute Gasteiger partial charge is 0.338 e. The lowest BCUT2D eigenvalue weighted by molar-refractivity contribution is 0.373. The zero-order valence-electron chi connectivity index (χ0n) is 23.5. The molecular weight excluding hydrogens is 498 g/mol. The number of benzene rings is 1. The third-order valence-electron chi connectivity index (χ3n) is 7.38. The van der Waals surface area contributed by atoms with E-state index in [-0.39, 0.29) is 0 Å². The Kier molecular flexibility index (Phi) is 7.04. The van der Waals surface area contributed by atoms with E-state index in [2.05, 4.69) is 88.9 Å². The number of aryl methyl sites for hydroxylation is 3. The lowest BCUT2D eigenvalue weighted by Crippen LogP contribution is -2.18. The van der Waals surface area contributed by atoms with Crippen molar-refractivity contribution in [3.63, 3.8) is 0 Å². The number of anilines is 1. The van der Waals surface area contributed by atoms with Gasteiger partial charge < -0.3 is 10.2 Å². The maximum atomic E-state index is 4.93. The van der Waals surface area contributed by atoms with Crippen LogP contribution in [0.5, 0.6) is 0 Å². The molecule has 1 aliphatic carbocycles.